The summed E-state index contributed by atoms with van der Waals surface area (Å²) in [6.45, 7) is 2.71. The molecule has 0 aliphatic carbocycles. The Bertz CT molecular complexity index is 582. The van der Waals surface area contributed by atoms with Gasteiger partial charge in [-0.2, -0.15) is 0 Å². The first kappa shape index (κ1) is 8.97. The van der Waals surface area contributed by atoms with Crippen LogP contribution in [-0.4, -0.2) is 11.6 Å². The largest absolute Gasteiger partial charge is 0.492 e. The van der Waals surface area contributed by atoms with E-state index in [1.54, 1.807) is 0 Å². The maximum absolute atomic E-state index is 11.7. The summed E-state index contributed by atoms with van der Waals surface area (Å²) < 4.78 is 6.43. The Morgan fingerprint density at radius 3 is 3.27 bits per heavy atom. The van der Waals surface area contributed by atoms with Gasteiger partial charge < -0.3 is 9.72 Å². The zero-order valence-electron chi connectivity index (χ0n) is 8.42. The molecule has 0 amide bonds. The number of rotatable bonds is 0. The molecule has 0 saturated heterocycles. The van der Waals surface area contributed by atoms with Crippen molar-refractivity contribution in [3.8, 4) is 5.75 Å². The van der Waals surface area contributed by atoms with Crippen LogP contribution in [0, 0.1) is 6.92 Å². The van der Waals surface area contributed by atoms with Gasteiger partial charge in [0, 0.05) is 16.5 Å². The number of aryl methyl sites for hydroxylation is 2. The van der Waals surface area contributed by atoms with E-state index < -0.39 is 0 Å². The van der Waals surface area contributed by atoms with Crippen LogP contribution >= 0.6 is 11.3 Å². The average Bonchev–Trinajstić information content (AvgIpc) is 2.50. The smallest absolute Gasteiger partial charge is 0.266 e. The highest BCUT2D eigenvalue weighted by Crippen LogP contribution is 2.35. The predicted molar refractivity (Wildman–Crippen MR) is 61.0 cm³/mol. The molecule has 0 bridgehead atoms. The summed E-state index contributed by atoms with van der Waals surface area (Å²) in [5.74, 6) is 0.886. The molecule has 2 aromatic rings. The number of aromatic amines is 1. The lowest BCUT2D eigenvalue weighted by Crippen LogP contribution is -2.08. The molecule has 0 saturated carbocycles. The second-order valence-corrected chi connectivity index (χ2v) is 4.69. The van der Waals surface area contributed by atoms with Gasteiger partial charge in [0.15, 0.2) is 0 Å². The summed E-state index contributed by atoms with van der Waals surface area (Å²) in [7, 11) is 0. The van der Waals surface area contributed by atoms with E-state index in [0.717, 1.165) is 41.0 Å². The topological polar surface area (TPSA) is 42.1 Å². The highest BCUT2D eigenvalue weighted by atomic mass is 32.1. The van der Waals surface area contributed by atoms with Crippen molar-refractivity contribution < 1.29 is 4.74 Å². The number of hydrogen-bond donors (Lipinski definition) is 1. The first-order valence-electron chi connectivity index (χ1n) is 5.03. The third-order valence-electron chi connectivity index (χ3n) is 2.85. The zero-order chi connectivity index (χ0) is 10.4. The highest BCUT2D eigenvalue weighted by molar-refractivity contribution is 7.17. The van der Waals surface area contributed by atoms with Crippen LogP contribution in [0.1, 0.15) is 17.7 Å². The Hall–Kier alpha value is -1.29. The van der Waals surface area contributed by atoms with E-state index in [1.807, 2.05) is 12.3 Å². The van der Waals surface area contributed by atoms with E-state index >= 15 is 0 Å². The van der Waals surface area contributed by atoms with Crippen LogP contribution in [0.4, 0.5) is 0 Å². The van der Waals surface area contributed by atoms with Gasteiger partial charge in [-0.15, -0.1) is 11.3 Å². The lowest BCUT2D eigenvalue weighted by Gasteiger charge is -2.04. The lowest BCUT2D eigenvalue weighted by molar-refractivity contribution is 0.320. The van der Waals surface area contributed by atoms with E-state index in [2.05, 4.69) is 4.98 Å². The number of nitrogens with one attached hydrogen (secondary N) is 1. The summed E-state index contributed by atoms with van der Waals surface area (Å²) in [5, 5.41) is 2.98. The molecule has 78 valence electrons. The fraction of sp³-hybridized carbons (Fsp3) is 0.364. The predicted octanol–water partition coefficient (Wildman–Crippen LogP) is 2.22. The normalized spacial score (nSPS) is 15.0. The summed E-state index contributed by atoms with van der Waals surface area (Å²) >= 11 is 1.47. The first-order chi connectivity index (χ1) is 7.27. The number of ether oxygens (including phenoxy) is 1. The Kier molecular flexibility index (Phi) is 1.85. The van der Waals surface area contributed by atoms with E-state index in [1.165, 1.54) is 16.9 Å². The van der Waals surface area contributed by atoms with Crippen molar-refractivity contribution in [3.63, 3.8) is 0 Å². The van der Waals surface area contributed by atoms with Crippen molar-refractivity contribution >= 4 is 21.4 Å². The van der Waals surface area contributed by atoms with Crippen LogP contribution in [0.15, 0.2) is 10.2 Å². The quantitative estimate of drug-likeness (QED) is 0.741. The van der Waals surface area contributed by atoms with Gasteiger partial charge >= 0.3 is 0 Å². The van der Waals surface area contributed by atoms with Crippen LogP contribution in [0.5, 0.6) is 5.75 Å². The van der Waals surface area contributed by atoms with Gasteiger partial charge in [0.1, 0.15) is 10.4 Å². The Balaban J connectivity index is 2.50. The van der Waals surface area contributed by atoms with Crippen molar-refractivity contribution in [1.82, 2.24) is 4.98 Å². The molecule has 0 radical (unpaired) electrons. The SMILES string of the molecule is Cc1[nH]c(=O)c2scc3c2c1CCCO3. The molecule has 3 nitrogen and oxygen atoms in total. The molecule has 2 aromatic heterocycles. The van der Waals surface area contributed by atoms with Gasteiger partial charge in [0.2, 0.25) is 0 Å². The number of aromatic nitrogens is 1. The fourth-order valence-corrected chi connectivity index (χ4v) is 3.05. The second kappa shape index (κ2) is 3.10. The second-order valence-electron chi connectivity index (χ2n) is 3.81. The summed E-state index contributed by atoms with van der Waals surface area (Å²) in [4.78, 5) is 14.6. The maximum Gasteiger partial charge on any atom is 0.266 e. The van der Waals surface area contributed by atoms with Crippen LogP contribution in [0.25, 0.3) is 10.1 Å². The van der Waals surface area contributed by atoms with Gasteiger partial charge in [-0.05, 0) is 25.3 Å². The van der Waals surface area contributed by atoms with Crippen molar-refractivity contribution in [2.75, 3.05) is 6.61 Å². The fourth-order valence-electron chi connectivity index (χ4n) is 2.13. The zero-order valence-corrected chi connectivity index (χ0v) is 9.24. The number of pyridine rings is 1. The molecular weight excluding hydrogens is 210 g/mol. The number of hydrogen-bond acceptors (Lipinski definition) is 3. The Morgan fingerprint density at radius 1 is 1.53 bits per heavy atom. The van der Waals surface area contributed by atoms with E-state index in [-0.39, 0.29) is 5.56 Å². The van der Waals surface area contributed by atoms with Crippen LogP contribution in [-0.2, 0) is 6.42 Å². The van der Waals surface area contributed by atoms with Gasteiger partial charge in [-0.3, -0.25) is 4.79 Å². The Morgan fingerprint density at radius 2 is 2.40 bits per heavy atom. The summed E-state index contributed by atoms with van der Waals surface area (Å²) in [6, 6.07) is 0. The minimum atomic E-state index is 0.00741. The maximum atomic E-state index is 11.7. The molecule has 4 heteroatoms. The monoisotopic (exact) mass is 221 g/mol. The molecule has 15 heavy (non-hydrogen) atoms. The van der Waals surface area contributed by atoms with Crippen LogP contribution < -0.4 is 10.3 Å². The van der Waals surface area contributed by atoms with Crippen molar-refractivity contribution in [2.24, 2.45) is 0 Å². The molecule has 3 heterocycles. The molecule has 0 fully saturated rings. The minimum absolute atomic E-state index is 0.00741. The standard InChI is InChI=1S/C11H11NO2S/c1-6-7-3-2-4-14-8-5-15-10(9(7)8)11(13)12-6/h5H,2-4H2,1H3,(H,12,13). The molecule has 1 aliphatic rings. The molecule has 0 atom stereocenters. The molecular formula is C11H11NO2S. The summed E-state index contributed by atoms with van der Waals surface area (Å²) in [6.07, 6.45) is 2.00. The molecule has 0 spiro atoms. The molecule has 3 rings (SSSR count). The van der Waals surface area contributed by atoms with E-state index in [0.29, 0.717) is 0 Å². The van der Waals surface area contributed by atoms with Crippen molar-refractivity contribution in [3.05, 3.63) is 27.0 Å². The first-order valence-corrected chi connectivity index (χ1v) is 5.91. The van der Waals surface area contributed by atoms with Crippen molar-refractivity contribution in [2.45, 2.75) is 19.8 Å². The third-order valence-corrected chi connectivity index (χ3v) is 3.80. The molecule has 1 aliphatic heterocycles. The Labute approximate surface area is 90.7 Å². The van der Waals surface area contributed by atoms with Gasteiger partial charge in [-0.1, -0.05) is 0 Å². The van der Waals surface area contributed by atoms with E-state index in [4.69, 9.17) is 4.74 Å². The molecule has 1 N–H and O–H groups in total. The lowest BCUT2D eigenvalue weighted by atomic mass is 10.1. The highest BCUT2D eigenvalue weighted by Gasteiger charge is 2.17. The van der Waals surface area contributed by atoms with Crippen LogP contribution in [0.2, 0.25) is 0 Å². The van der Waals surface area contributed by atoms with Crippen LogP contribution in [0.3, 0.4) is 0 Å². The van der Waals surface area contributed by atoms with Gasteiger partial charge in [-0.25, -0.2) is 0 Å². The number of H-pyrrole nitrogens is 1. The van der Waals surface area contributed by atoms with Crippen molar-refractivity contribution in [1.29, 1.82) is 0 Å². The molecule has 0 aromatic carbocycles. The van der Waals surface area contributed by atoms with Gasteiger partial charge in [0.25, 0.3) is 5.56 Å². The average molecular weight is 221 g/mol. The number of thiophene rings is 1. The summed E-state index contributed by atoms with van der Waals surface area (Å²) in [5.41, 5.74) is 2.24. The van der Waals surface area contributed by atoms with Gasteiger partial charge in [0.05, 0.1) is 6.61 Å². The third kappa shape index (κ3) is 1.21. The molecule has 0 unspecified atom stereocenters. The minimum Gasteiger partial charge on any atom is -0.492 e. The van der Waals surface area contributed by atoms with E-state index in [9.17, 15) is 4.79 Å².